The lowest BCUT2D eigenvalue weighted by Crippen LogP contribution is -2.39. The average molecular weight is 382 g/mol. The number of hydrogen-bond acceptors (Lipinski definition) is 6. The number of benzene rings is 2. The van der Waals surface area contributed by atoms with E-state index < -0.39 is 18.6 Å². The quantitative estimate of drug-likeness (QED) is 0.495. The van der Waals surface area contributed by atoms with Gasteiger partial charge in [0.1, 0.15) is 18.1 Å². The molecule has 0 spiro atoms. The Hall–Kier alpha value is -3.16. The molecule has 0 amide bonds. The van der Waals surface area contributed by atoms with Crippen molar-refractivity contribution < 1.29 is 24.2 Å². The van der Waals surface area contributed by atoms with E-state index in [9.17, 15) is 4.79 Å². The van der Waals surface area contributed by atoms with Gasteiger partial charge in [0.25, 0.3) is 0 Å². The molecule has 0 aliphatic carbocycles. The minimum Gasteiger partial charge on any atom is -0.493 e. The first-order chi connectivity index (χ1) is 13.7. The minimum absolute atomic E-state index is 0.346. The molecule has 0 fully saturated rings. The molecule has 7 nitrogen and oxygen atoms in total. The van der Waals surface area contributed by atoms with Crippen molar-refractivity contribution in [3.05, 3.63) is 72.1 Å². The number of carboxylic acid groups (broad SMARTS) is 1. The Kier molecular flexibility index (Phi) is 6.78. The molecule has 3 rings (SSSR count). The number of rotatable bonds is 10. The fraction of sp³-hybridized carbons (Fsp3) is 0.238. The molecule has 0 saturated carbocycles. The second-order valence-corrected chi connectivity index (χ2v) is 6.21. The first kappa shape index (κ1) is 19.6. The molecular formula is C21H22N2O5. The number of aromatic nitrogens is 1. The Bertz CT molecular complexity index is 877. The van der Waals surface area contributed by atoms with Crippen LogP contribution in [-0.2, 0) is 17.8 Å². The van der Waals surface area contributed by atoms with Gasteiger partial charge in [0, 0.05) is 18.5 Å². The summed E-state index contributed by atoms with van der Waals surface area (Å²) in [6, 6.07) is 16.1. The highest BCUT2D eigenvalue weighted by atomic mass is 16.5. The molecule has 0 radical (unpaired) electrons. The van der Waals surface area contributed by atoms with Crippen molar-refractivity contribution in [3.63, 3.8) is 0 Å². The molecule has 28 heavy (non-hydrogen) atoms. The Morgan fingerprint density at radius 2 is 1.89 bits per heavy atom. The van der Waals surface area contributed by atoms with E-state index in [2.05, 4.69) is 10.3 Å². The van der Waals surface area contributed by atoms with Crippen molar-refractivity contribution in [2.24, 2.45) is 0 Å². The second kappa shape index (κ2) is 9.68. The van der Waals surface area contributed by atoms with Crippen molar-refractivity contribution in [2.45, 2.75) is 19.0 Å². The zero-order valence-electron chi connectivity index (χ0n) is 15.2. The maximum absolute atomic E-state index is 10.9. The van der Waals surface area contributed by atoms with E-state index in [0.717, 1.165) is 16.8 Å². The van der Waals surface area contributed by atoms with Crippen LogP contribution in [0.25, 0.3) is 11.5 Å². The third-order valence-electron chi connectivity index (χ3n) is 4.16. The van der Waals surface area contributed by atoms with Gasteiger partial charge in [0.15, 0.2) is 0 Å². The lowest BCUT2D eigenvalue weighted by molar-refractivity contribution is -0.140. The second-order valence-electron chi connectivity index (χ2n) is 6.21. The summed E-state index contributed by atoms with van der Waals surface area (Å²) >= 11 is 0. The van der Waals surface area contributed by atoms with E-state index in [4.69, 9.17) is 19.4 Å². The van der Waals surface area contributed by atoms with E-state index in [0.29, 0.717) is 31.2 Å². The third-order valence-corrected chi connectivity index (χ3v) is 4.16. The van der Waals surface area contributed by atoms with Gasteiger partial charge in [-0.2, -0.15) is 0 Å². The third kappa shape index (κ3) is 5.42. The van der Waals surface area contributed by atoms with E-state index in [1.165, 1.54) is 0 Å². The summed E-state index contributed by atoms with van der Waals surface area (Å²) in [5.74, 6) is 0.230. The molecule has 0 unspecified atom stereocenters. The van der Waals surface area contributed by atoms with E-state index >= 15 is 0 Å². The highest BCUT2D eigenvalue weighted by Crippen LogP contribution is 2.18. The smallest absolute Gasteiger partial charge is 0.323 e. The van der Waals surface area contributed by atoms with E-state index in [1.807, 2.05) is 54.6 Å². The van der Waals surface area contributed by atoms with Gasteiger partial charge in [-0.15, -0.1) is 0 Å². The van der Waals surface area contributed by atoms with Crippen LogP contribution in [0.15, 0.2) is 65.3 Å². The summed E-state index contributed by atoms with van der Waals surface area (Å²) in [5, 5.41) is 20.7. The fourth-order valence-corrected chi connectivity index (χ4v) is 2.58. The van der Waals surface area contributed by atoms with Crippen LogP contribution in [0.4, 0.5) is 0 Å². The van der Waals surface area contributed by atoms with Crippen molar-refractivity contribution in [3.8, 4) is 17.2 Å². The number of aliphatic carboxylic acids is 1. The van der Waals surface area contributed by atoms with E-state index in [1.54, 1.807) is 6.26 Å². The maximum atomic E-state index is 10.9. The summed E-state index contributed by atoms with van der Waals surface area (Å²) in [6.45, 7) is 0.355. The van der Waals surface area contributed by atoms with Gasteiger partial charge in [0.2, 0.25) is 5.89 Å². The van der Waals surface area contributed by atoms with Crippen LogP contribution in [-0.4, -0.2) is 40.4 Å². The summed E-state index contributed by atoms with van der Waals surface area (Å²) in [7, 11) is 0. The number of carboxylic acids is 1. The number of nitrogens with zero attached hydrogens (tertiary/aromatic N) is 1. The highest BCUT2D eigenvalue weighted by Gasteiger charge is 2.14. The van der Waals surface area contributed by atoms with Gasteiger partial charge >= 0.3 is 5.97 Å². The number of aliphatic hydroxyl groups is 1. The maximum Gasteiger partial charge on any atom is 0.323 e. The Morgan fingerprint density at radius 1 is 1.14 bits per heavy atom. The van der Waals surface area contributed by atoms with Crippen LogP contribution in [0.5, 0.6) is 5.75 Å². The van der Waals surface area contributed by atoms with Gasteiger partial charge < -0.3 is 19.4 Å². The van der Waals surface area contributed by atoms with Crippen LogP contribution in [0, 0.1) is 0 Å². The van der Waals surface area contributed by atoms with Gasteiger partial charge in [-0.1, -0.05) is 30.3 Å². The Morgan fingerprint density at radius 3 is 2.57 bits per heavy atom. The molecule has 3 aromatic rings. The van der Waals surface area contributed by atoms with E-state index in [-0.39, 0.29) is 0 Å². The van der Waals surface area contributed by atoms with Gasteiger partial charge in [0.05, 0.1) is 18.9 Å². The SMILES string of the molecule is O=C(O)[C@H](CO)NCc1ccc(OCCc2coc(-c3ccccc3)n2)cc1. The number of carbonyl (C=O) groups is 1. The summed E-state index contributed by atoms with van der Waals surface area (Å²) < 4.78 is 11.2. The number of ether oxygens (including phenoxy) is 1. The van der Waals surface area contributed by atoms with Crippen molar-refractivity contribution >= 4 is 5.97 Å². The first-order valence-electron chi connectivity index (χ1n) is 8.94. The topological polar surface area (TPSA) is 105 Å². The van der Waals surface area contributed by atoms with Crippen LogP contribution in [0.3, 0.4) is 0 Å². The molecule has 2 aromatic carbocycles. The summed E-state index contributed by atoms with van der Waals surface area (Å²) in [5.41, 5.74) is 2.66. The molecule has 0 aliphatic rings. The van der Waals surface area contributed by atoms with Crippen LogP contribution < -0.4 is 10.1 Å². The fourth-order valence-electron chi connectivity index (χ4n) is 2.58. The molecular weight excluding hydrogens is 360 g/mol. The number of aliphatic hydroxyl groups excluding tert-OH is 1. The number of oxazole rings is 1. The molecule has 146 valence electrons. The number of hydrogen-bond donors (Lipinski definition) is 3. The Labute approximate surface area is 162 Å². The normalized spacial score (nSPS) is 11.9. The predicted octanol–water partition coefficient (Wildman–Crippen LogP) is 2.50. The zero-order valence-corrected chi connectivity index (χ0v) is 15.2. The molecule has 0 saturated heterocycles. The van der Waals surface area contributed by atoms with Crippen LogP contribution in [0.1, 0.15) is 11.3 Å². The Balaban J connectivity index is 1.45. The molecule has 1 heterocycles. The van der Waals surface area contributed by atoms with Gasteiger partial charge in [-0.25, -0.2) is 4.98 Å². The van der Waals surface area contributed by atoms with Crippen molar-refractivity contribution in [1.82, 2.24) is 10.3 Å². The lowest BCUT2D eigenvalue weighted by Gasteiger charge is -2.12. The van der Waals surface area contributed by atoms with Crippen molar-refractivity contribution in [1.29, 1.82) is 0 Å². The predicted molar refractivity (Wildman–Crippen MR) is 103 cm³/mol. The minimum atomic E-state index is -1.08. The zero-order chi connectivity index (χ0) is 19.8. The molecule has 0 bridgehead atoms. The van der Waals surface area contributed by atoms with Crippen molar-refractivity contribution in [2.75, 3.05) is 13.2 Å². The molecule has 3 N–H and O–H groups in total. The summed E-state index contributed by atoms with van der Waals surface area (Å²) in [4.78, 5) is 15.3. The largest absolute Gasteiger partial charge is 0.493 e. The molecule has 1 atom stereocenters. The monoisotopic (exact) mass is 382 g/mol. The highest BCUT2D eigenvalue weighted by molar-refractivity contribution is 5.73. The van der Waals surface area contributed by atoms with Gasteiger partial charge in [-0.05, 0) is 29.8 Å². The molecule has 0 aliphatic heterocycles. The van der Waals surface area contributed by atoms with Gasteiger partial charge in [-0.3, -0.25) is 10.1 Å². The lowest BCUT2D eigenvalue weighted by atomic mass is 10.2. The number of nitrogens with one attached hydrogen (secondary N) is 1. The summed E-state index contributed by atoms with van der Waals surface area (Å²) in [6.07, 6.45) is 2.26. The van der Waals surface area contributed by atoms with Crippen LogP contribution in [0.2, 0.25) is 0 Å². The standard InChI is InChI=1S/C21H22N2O5/c24-13-19(21(25)26)22-12-15-6-8-18(9-7-15)27-11-10-17-14-28-20(23-17)16-4-2-1-3-5-16/h1-9,14,19,22,24H,10-13H2,(H,25,26)/t19-/m0/s1. The molecule has 1 aromatic heterocycles. The van der Waals surface area contributed by atoms with Crippen LogP contribution >= 0.6 is 0 Å². The average Bonchev–Trinajstić information content (AvgIpc) is 3.19. The molecule has 7 heteroatoms. The first-order valence-corrected chi connectivity index (χ1v) is 8.94.